The van der Waals surface area contributed by atoms with E-state index in [-0.39, 0.29) is 0 Å². The third-order valence-corrected chi connectivity index (χ3v) is 5.33. The number of nitrogens with one attached hydrogen (secondary N) is 2. The molecule has 1 aromatic heterocycles. The van der Waals surface area contributed by atoms with Gasteiger partial charge in [-0.3, -0.25) is 0 Å². The number of rotatable bonds is 5. The van der Waals surface area contributed by atoms with Crippen molar-refractivity contribution in [2.75, 3.05) is 18.5 Å². The van der Waals surface area contributed by atoms with Crippen molar-refractivity contribution in [2.24, 2.45) is 0 Å². The summed E-state index contributed by atoms with van der Waals surface area (Å²) in [5, 5.41) is 8.75. The lowest BCUT2D eigenvalue weighted by molar-refractivity contribution is 0.0516. The highest BCUT2D eigenvalue weighted by molar-refractivity contribution is 9.10. The van der Waals surface area contributed by atoms with E-state index >= 15 is 0 Å². The first-order chi connectivity index (χ1) is 12.2. The van der Waals surface area contributed by atoms with Gasteiger partial charge in [0.15, 0.2) is 10.9 Å². The maximum Gasteiger partial charge on any atom is 0.407 e. The average Bonchev–Trinajstić information content (AvgIpc) is 3.14. The number of benzene rings is 1. The second kappa shape index (κ2) is 7.17. The lowest BCUT2D eigenvalue weighted by Gasteiger charge is -2.21. The van der Waals surface area contributed by atoms with E-state index in [1.165, 1.54) is 16.9 Å². The van der Waals surface area contributed by atoms with E-state index in [4.69, 9.17) is 9.47 Å². The normalized spacial score (nSPS) is 19.1. The number of aromatic nitrogens is 1. The molecule has 1 amide bonds. The smallest absolute Gasteiger partial charge is 0.407 e. The van der Waals surface area contributed by atoms with Crippen molar-refractivity contribution in [1.29, 1.82) is 0 Å². The van der Waals surface area contributed by atoms with Crippen LogP contribution in [0.2, 0.25) is 0 Å². The van der Waals surface area contributed by atoms with Gasteiger partial charge in [-0.1, -0.05) is 28.1 Å². The lowest BCUT2D eigenvalue weighted by Crippen LogP contribution is -2.41. The van der Waals surface area contributed by atoms with Crippen molar-refractivity contribution in [1.82, 2.24) is 10.3 Å². The number of anilines is 1. The van der Waals surface area contributed by atoms with Crippen LogP contribution in [0.3, 0.4) is 0 Å². The van der Waals surface area contributed by atoms with E-state index in [0.29, 0.717) is 13.2 Å². The summed E-state index contributed by atoms with van der Waals surface area (Å²) in [6.45, 7) is 8.35. The summed E-state index contributed by atoms with van der Waals surface area (Å²) in [7, 11) is 0. The number of carbonyl (C=O) groups is 1. The zero-order valence-electron chi connectivity index (χ0n) is 15.2. The Bertz CT molecular complexity index is 812. The minimum atomic E-state index is -0.611. The second-order valence-electron chi connectivity index (χ2n) is 7.27. The summed E-state index contributed by atoms with van der Waals surface area (Å²) in [5.41, 5.74) is 1.99. The highest BCUT2D eigenvalue weighted by Gasteiger charge is 2.46. The van der Waals surface area contributed by atoms with Crippen LogP contribution in [-0.4, -0.2) is 35.6 Å². The summed E-state index contributed by atoms with van der Waals surface area (Å²) < 4.78 is 11.8. The van der Waals surface area contributed by atoms with Crippen molar-refractivity contribution in [3.8, 4) is 11.3 Å². The highest BCUT2D eigenvalue weighted by atomic mass is 79.9. The summed E-state index contributed by atoms with van der Waals surface area (Å²) in [6, 6.07) is 6.16. The Hall–Kier alpha value is -1.64. The van der Waals surface area contributed by atoms with Gasteiger partial charge in [-0.05, 0) is 39.3 Å². The van der Waals surface area contributed by atoms with Gasteiger partial charge in [0, 0.05) is 15.4 Å². The summed E-state index contributed by atoms with van der Waals surface area (Å²) in [6.07, 6.45) is -0.460. The van der Waals surface area contributed by atoms with Crippen LogP contribution in [-0.2, 0) is 9.47 Å². The van der Waals surface area contributed by atoms with E-state index in [9.17, 15) is 4.79 Å². The number of epoxide rings is 1. The predicted molar refractivity (Wildman–Crippen MR) is 107 cm³/mol. The Kier molecular flexibility index (Phi) is 5.28. The van der Waals surface area contributed by atoms with Crippen LogP contribution >= 0.6 is 27.3 Å². The number of hydrogen-bond donors (Lipinski definition) is 2. The van der Waals surface area contributed by atoms with Gasteiger partial charge in [-0.25, -0.2) is 9.78 Å². The van der Waals surface area contributed by atoms with Crippen molar-refractivity contribution in [3.63, 3.8) is 0 Å². The third-order valence-electron chi connectivity index (χ3n) is 3.72. The molecular formula is C18H22BrN3O3S. The summed E-state index contributed by atoms with van der Waals surface area (Å²) >= 11 is 5.06. The van der Waals surface area contributed by atoms with E-state index in [1.54, 1.807) is 0 Å². The monoisotopic (exact) mass is 439 g/mol. The van der Waals surface area contributed by atoms with Gasteiger partial charge in [0.2, 0.25) is 0 Å². The zero-order chi connectivity index (χ0) is 18.9. The number of aryl methyl sites for hydroxylation is 1. The van der Waals surface area contributed by atoms with Gasteiger partial charge >= 0.3 is 6.09 Å². The molecule has 140 valence electrons. The molecule has 1 fully saturated rings. The predicted octanol–water partition coefficient (Wildman–Crippen LogP) is 4.54. The molecule has 6 nitrogen and oxygen atoms in total. The summed E-state index contributed by atoms with van der Waals surface area (Å²) in [5.74, 6) is 0. The van der Waals surface area contributed by atoms with Crippen LogP contribution in [0.1, 0.15) is 26.3 Å². The molecule has 1 unspecified atom stereocenters. The van der Waals surface area contributed by atoms with Crippen LogP contribution in [0.5, 0.6) is 0 Å². The van der Waals surface area contributed by atoms with Crippen molar-refractivity contribution in [3.05, 3.63) is 33.6 Å². The molecule has 8 heteroatoms. The van der Waals surface area contributed by atoms with Crippen molar-refractivity contribution >= 4 is 38.5 Å². The SMILES string of the molecule is Cc1ccc(-c2csc(NC3(CNC(=O)OC(C)(C)C)CO3)n2)cc1Br. The fourth-order valence-corrected chi connectivity index (χ4v) is 3.43. The number of nitrogens with zero attached hydrogens (tertiary/aromatic N) is 1. The minimum absolute atomic E-state index is 0.312. The molecule has 0 spiro atoms. The third kappa shape index (κ3) is 4.96. The second-order valence-corrected chi connectivity index (χ2v) is 8.98. The Labute approximate surface area is 165 Å². The van der Waals surface area contributed by atoms with Crippen LogP contribution in [0.25, 0.3) is 11.3 Å². The minimum Gasteiger partial charge on any atom is -0.444 e. The number of ether oxygens (including phenoxy) is 2. The molecule has 1 atom stereocenters. The molecule has 2 aromatic rings. The Morgan fingerprint density at radius 3 is 2.81 bits per heavy atom. The number of alkyl carbamates (subject to hydrolysis) is 1. The van der Waals surface area contributed by atoms with Crippen molar-refractivity contribution < 1.29 is 14.3 Å². The number of thiazole rings is 1. The number of halogens is 1. The first-order valence-corrected chi connectivity index (χ1v) is 9.94. The van der Waals surface area contributed by atoms with E-state index < -0.39 is 17.4 Å². The largest absolute Gasteiger partial charge is 0.444 e. The molecule has 0 aliphatic carbocycles. The quantitative estimate of drug-likeness (QED) is 0.668. The van der Waals surface area contributed by atoms with Crippen LogP contribution < -0.4 is 10.6 Å². The van der Waals surface area contributed by atoms with Gasteiger partial charge in [0.05, 0.1) is 18.8 Å². The molecule has 2 heterocycles. The molecule has 1 aliphatic rings. The fraction of sp³-hybridized carbons (Fsp3) is 0.444. The molecule has 1 aliphatic heterocycles. The molecule has 1 saturated heterocycles. The fourth-order valence-electron chi connectivity index (χ4n) is 2.25. The van der Waals surface area contributed by atoms with E-state index in [2.05, 4.69) is 43.7 Å². The molecule has 2 N–H and O–H groups in total. The first kappa shape index (κ1) is 19.1. The molecule has 0 bridgehead atoms. The molecule has 0 saturated carbocycles. The number of hydrogen-bond acceptors (Lipinski definition) is 6. The Morgan fingerprint density at radius 1 is 1.46 bits per heavy atom. The van der Waals surface area contributed by atoms with Crippen LogP contribution in [0.15, 0.2) is 28.1 Å². The number of amides is 1. The number of carbonyl (C=O) groups excluding carboxylic acids is 1. The zero-order valence-corrected chi connectivity index (χ0v) is 17.6. The maximum atomic E-state index is 11.8. The molecule has 0 radical (unpaired) electrons. The maximum absolute atomic E-state index is 11.8. The molecule has 3 rings (SSSR count). The average molecular weight is 440 g/mol. The molecular weight excluding hydrogens is 418 g/mol. The highest BCUT2D eigenvalue weighted by Crippen LogP contribution is 2.33. The van der Waals surface area contributed by atoms with Gasteiger partial charge in [-0.15, -0.1) is 11.3 Å². The molecule has 1 aromatic carbocycles. The standard InChI is InChI=1S/C18H22BrN3O3S/c1-11-5-6-12(7-13(11)19)14-8-26-15(21-14)22-18(10-24-18)9-20-16(23)25-17(2,3)4/h5-8H,9-10H2,1-4H3,(H,20,23)(H,21,22). The molecule has 26 heavy (non-hydrogen) atoms. The van der Waals surface area contributed by atoms with Gasteiger partial charge < -0.3 is 20.1 Å². The summed E-state index contributed by atoms with van der Waals surface area (Å²) in [4.78, 5) is 16.4. The van der Waals surface area contributed by atoms with Gasteiger partial charge in [0.1, 0.15) is 5.60 Å². The van der Waals surface area contributed by atoms with Crippen LogP contribution in [0, 0.1) is 6.92 Å². The van der Waals surface area contributed by atoms with E-state index in [1.807, 2.05) is 39.1 Å². The lowest BCUT2D eigenvalue weighted by atomic mass is 10.1. The Balaban J connectivity index is 1.60. The first-order valence-electron chi connectivity index (χ1n) is 8.27. The van der Waals surface area contributed by atoms with Crippen LogP contribution in [0.4, 0.5) is 9.93 Å². The van der Waals surface area contributed by atoms with E-state index in [0.717, 1.165) is 20.9 Å². The topological polar surface area (TPSA) is 75.8 Å². The Morgan fingerprint density at radius 2 is 2.19 bits per heavy atom. The van der Waals surface area contributed by atoms with Crippen molar-refractivity contribution in [2.45, 2.75) is 39.0 Å². The van der Waals surface area contributed by atoms with Gasteiger partial charge in [0.25, 0.3) is 0 Å². The van der Waals surface area contributed by atoms with Gasteiger partial charge in [-0.2, -0.15) is 0 Å².